The van der Waals surface area contributed by atoms with Crippen LogP contribution in [-0.2, 0) is 4.79 Å². The third kappa shape index (κ3) is 5.54. The van der Waals surface area contributed by atoms with Crippen LogP contribution in [0.1, 0.15) is 17.9 Å². The van der Waals surface area contributed by atoms with Crippen molar-refractivity contribution in [2.45, 2.75) is 18.4 Å². The van der Waals surface area contributed by atoms with Crippen LogP contribution in [0.4, 0.5) is 8.78 Å². The van der Waals surface area contributed by atoms with Gasteiger partial charge in [0.05, 0.1) is 5.02 Å². The normalized spacial score (nSPS) is 19.1. The molecule has 1 amide bonds. The molecule has 4 nitrogen and oxygen atoms in total. The van der Waals surface area contributed by atoms with E-state index in [-0.39, 0.29) is 36.9 Å². The third-order valence-corrected chi connectivity index (χ3v) is 4.71. The summed E-state index contributed by atoms with van der Waals surface area (Å²) < 4.78 is 32.2. The van der Waals surface area contributed by atoms with Gasteiger partial charge in [0.15, 0.2) is 18.2 Å². The van der Waals surface area contributed by atoms with Gasteiger partial charge in [0.2, 0.25) is 0 Å². The van der Waals surface area contributed by atoms with Crippen molar-refractivity contribution in [2.24, 2.45) is 0 Å². The van der Waals surface area contributed by atoms with Gasteiger partial charge in [-0.25, -0.2) is 8.78 Å². The summed E-state index contributed by atoms with van der Waals surface area (Å²) in [5, 5.41) is 6.54. The van der Waals surface area contributed by atoms with Crippen molar-refractivity contribution in [3.63, 3.8) is 0 Å². The molecule has 3 rings (SSSR count). The van der Waals surface area contributed by atoms with Crippen LogP contribution in [0, 0.1) is 11.6 Å². The van der Waals surface area contributed by atoms with Gasteiger partial charge in [-0.1, -0.05) is 29.8 Å². The maximum atomic E-state index is 13.6. The van der Waals surface area contributed by atoms with Crippen molar-refractivity contribution in [3.8, 4) is 5.75 Å². The number of hydrogen-bond donors (Lipinski definition) is 2. The molecule has 146 valence electrons. The lowest BCUT2D eigenvalue weighted by molar-refractivity contribution is -0.124. The molecule has 0 saturated carbocycles. The summed E-state index contributed by atoms with van der Waals surface area (Å²) in [6, 6.07) is 10.5. The summed E-state index contributed by atoms with van der Waals surface area (Å²) in [5.74, 6) is -1.73. The number of carbonyl (C=O) groups is 1. The van der Waals surface area contributed by atoms with Gasteiger partial charge >= 0.3 is 0 Å². The van der Waals surface area contributed by atoms with Crippen molar-refractivity contribution in [2.75, 3.05) is 19.7 Å². The summed E-state index contributed by atoms with van der Waals surface area (Å²) >= 11 is 6.00. The molecule has 1 aliphatic heterocycles. The third-order valence-electron chi connectivity index (χ3n) is 4.40. The van der Waals surface area contributed by atoms with Gasteiger partial charge in [0.25, 0.3) is 5.91 Å². The van der Waals surface area contributed by atoms with Gasteiger partial charge in [-0.15, -0.1) is 12.4 Å². The van der Waals surface area contributed by atoms with Crippen LogP contribution in [0.15, 0.2) is 42.5 Å². The molecule has 0 spiro atoms. The van der Waals surface area contributed by atoms with Gasteiger partial charge < -0.3 is 15.4 Å². The predicted molar refractivity (Wildman–Crippen MR) is 103 cm³/mol. The number of benzene rings is 2. The van der Waals surface area contributed by atoms with E-state index in [1.807, 2.05) is 0 Å². The smallest absolute Gasteiger partial charge is 0.258 e. The molecule has 27 heavy (non-hydrogen) atoms. The van der Waals surface area contributed by atoms with Gasteiger partial charge in [-0.2, -0.15) is 0 Å². The van der Waals surface area contributed by atoms with E-state index in [2.05, 4.69) is 10.6 Å². The topological polar surface area (TPSA) is 50.4 Å². The van der Waals surface area contributed by atoms with Crippen LogP contribution >= 0.6 is 24.0 Å². The standard InChI is InChI=1S/C19H19ClF2N2O2.ClH/c20-14-3-1-2-4-18(14)26-11-19(25)24-17-10-23-8-7-13(17)12-5-6-15(21)16(22)9-12;/h1-6,9,13,17,23H,7-8,10-11H2,(H,24,25);1H. The highest BCUT2D eigenvalue weighted by Crippen LogP contribution is 2.27. The Morgan fingerprint density at radius 2 is 2.00 bits per heavy atom. The quantitative estimate of drug-likeness (QED) is 0.781. The van der Waals surface area contributed by atoms with E-state index in [1.54, 1.807) is 30.3 Å². The molecule has 2 aromatic carbocycles. The van der Waals surface area contributed by atoms with Crippen LogP contribution in [0.5, 0.6) is 5.75 Å². The number of hydrogen-bond acceptors (Lipinski definition) is 3. The minimum atomic E-state index is -0.881. The molecule has 8 heteroatoms. The molecule has 1 aliphatic rings. The first-order valence-corrected chi connectivity index (χ1v) is 8.75. The molecule has 0 radical (unpaired) electrons. The zero-order valence-corrected chi connectivity index (χ0v) is 16.0. The molecular weight excluding hydrogens is 397 g/mol. The zero-order valence-electron chi connectivity index (χ0n) is 14.4. The van der Waals surface area contributed by atoms with E-state index in [9.17, 15) is 13.6 Å². The van der Waals surface area contributed by atoms with Crippen LogP contribution < -0.4 is 15.4 Å². The van der Waals surface area contributed by atoms with Crippen molar-refractivity contribution in [1.82, 2.24) is 10.6 Å². The minimum Gasteiger partial charge on any atom is -0.482 e. The van der Waals surface area contributed by atoms with E-state index in [0.717, 1.165) is 12.6 Å². The lowest BCUT2D eigenvalue weighted by Gasteiger charge is -2.33. The molecule has 1 heterocycles. The van der Waals surface area contributed by atoms with Crippen molar-refractivity contribution < 1.29 is 18.3 Å². The number of para-hydroxylation sites is 1. The summed E-state index contributed by atoms with van der Waals surface area (Å²) in [6.07, 6.45) is 0.710. The monoisotopic (exact) mass is 416 g/mol. The largest absolute Gasteiger partial charge is 0.482 e. The average molecular weight is 417 g/mol. The van der Waals surface area contributed by atoms with Crippen molar-refractivity contribution in [1.29, 1.82) is 0 Å². The molecule has 2 atom stereocenters. The first kappa shape index (κ1) is 21.4. The number of rotatable bonds is 5. The SMILES string of the molecule is Cl.O=C(COc1ccccc1Cl)NC1CNCCC1c1ccc(F)c(F)c1. The Balaban J connectivity index is 0.00000261. The number of amides is 1. The molecular formula is C19H20Cl2F2N2O2. The fraction of sp³-hybridized carbons (Fsp3) is 0.316. The average Bonchev–Trinajstić information content (AvgIpc) is 2.64. The number of ether oxygens (including phenoxy) is 1. The Kier molecular flexibility index (Phi) is 7.83. The molecule has 1 fully saturated rings. The van der Waals surface area contributed by atoms with Crippen LogP contribution in [-0.4, -0.2) is 31.6 Å². The fourth-order valence-electron chi connectivity index (χ4n) is 3.11. The van der Waals surface area contributed by atoms with E-state index < -0.39 is 11.6 Å². The van der Waals surface area contributed by atoms with Crippen LogP contribution in [0.3, 0.4) is 0 Å². The van der Waals surface area contributed by atoms with Crippen molar-refractivity contribution >= 4 is 29.9 Å². The molecule has 2 unspecified atom stereocenters. The Morgan fingerprint density at radius 1 is 1.22 bits per heavy atom. The van der Waals surface area contributed by atoms with E-state index in [4.69, 9.17) is 16.3 Å². The second-order valence-electron chi connectivity index (χ2n) is 6.17. The Bertz CT molecular complexity index is 792. The van der Waals surface area contributed by atoms with Crippen molar-refractivity contribution in [3.05, 3.63) is 64.7 Å². The summed E-state index contributed by atoms with van der Waals surface area (Å²) in [6.45, 7) is 1.11. The number of piperidine rings is 1. The number of halogens is 4. The highest BCUT2D eigenvalue weighted by molar-refractivity contribution is 6.32. The maximum Gasteiger partial charge on any atom is 0.258 e. The van der Waals surface area contributed by atoms with Gasteiger partial charge in [-0.3, -0.25) is 4.79 Å². The Labute approximate surface area is 167 Å². The van der Waals surface area contributed by atoms with Gasteiger partial charge in [0, 0.05) is 18.5 Å². The molecule has 1 saturated heterocycles. The second kappa shape index (κ2) is 9.88. The lowest BCUT2D eigenvalue weighted by Crippen LogP contribution is -2.51. The Hall–Kier alpha value is -1.89. The van der Waals surface area contributed by atoms with Crippen LogP contribution in [0.2, 0.25) is 5.02 Å². The summed E-state index contributed by atoms with van der Waals surface area (Å²) in [5.41, 5.74) is 0.669. The first-order chi connectivity index (χ1) is 12.5. The fourth-order valence-corrected chi connectivity index (χ4v) is 3.30. The lowest BCUT2D eigenvalue weighted by atomic mass is 9.86. The zero-order chi connectivity index (χ0) is 18.5. The predicted octanol–water partition coefficient (Wildman–Crippen LogP) is 3.68. The van der Waals surface area contributed by atoms with Crippen LogP contribution in [0.25, 0.3) is 0 Å². The van der Waals surface area contributed by atoms with Gasteiger partial charge in [-0.05, 0) is 42.8 Å². The number of nitrogens with one attached hydrogen (secondary N) is 2. The number of carbonyl (C=O) groups excluding carboxylic acids is 1. The van der Waals surface area contributed by atoms with Gasteiger partial charge in [0.1, 0.15) is 5.75 Å². The highest BCUT2D eigenvalue weighted by atomic mass is 35.5. The molecule has 2 N–H and O–H groups in total. The molecule has 2 aromatic rings. The highest BCUT2D eigenvalue weighted by Gasteiger charge is 2.28. The van der Waals surface area contributed by atoms with E-state index in [1.165, 1.54) is 6.07 Å². The summed E-state index contributed by atoms with van der Waals surface area (Å²) in [4.78, 5) is 12.3. The first-order valence-electron chi connectivity index (χ1n) is 8.37. The second-order valence-corrected chi connectivity index (χ2v) is 6.57. The molecule has 0 bridgehead atoms. The maximum absolute atomic E-state index is 13.6. The minimum absolute atomic E-state index is 0. The molecule has 0 aliphatic carbocycles. The Morgan fingerprint density at radius 3 is 2.74 bits per heavy atom. The molecule has 0 aromatic heterocycles. The van der Waals surface area contributed by atoms with E-state index in [0.29, 0.717) is 29.3 Å². The van der Waals surface area contributed by atoms with E-state index >= 15 is 0 Å². The summed E-state index contributed by atoms with van der Waals surface area (Å²) in [7, 11) is 0.